The smallest absolute Gasteiger partial charge is 0.223 e. The summed E-state index contributed by atoms with van der Waals surface area (Å²) in [6.45, 7) is 7.99. The Morgan fingerprint density at radius 1 is 1.16 bits per heavy atom. The van der Waals surface area contributed by atoms with E-state index in [-0.39, 0.29) is 36.2 Å². The first-order valence-electron chi connectivity index (χ1n) is 8.72. The molecule has 6 nitrogen and oxygen atoms in total. The molecule has 136 valence electrons. The molecule has 0 aromatic heterocycles. The fourth-order valence-corrected chi connectivity index (χ4v) is 3.14. The molecule has 1 fully saturated rings. The van der Waals surface area contributed by atoms with Gasteiger partial charge in [0.1, 0.15) is 13.2 Å². The van der Waals surface area contributed by atoms with Crippen molar-refractivity contribution in [2.75, 3.05) is 26.4 Å². The van der Waals surface area contributed by atoms with Crippen molar-refractivity contribution in [1.29, 1.82) is 0 Å². The lowest BCUT2D eigenvalue weighted by Gasteiger charge is -2.44. The van der Waals surface area contributed by atoms with Crippen molar-refractivity contribution in [2.45, 2.75) is 45.3 Å². The number of hydrogen-bond acceptors (Lipinski definition) is 5. The second-order valence-electron chi connectivity index (χ2n) is 7.22. The number of ketones is 1. The molecule has 0 bridgehead atoms. The Hall–Kier alpha value is -2.08. The van der Waals surface area contributed by atoms with Crippen LogP contribution in [0.15, 0.2) is 18.2 Å². The lowest BCUT2D eigenvalue weighted by Crippen LogP contribution is -2.57. The number of benzene rings is 1. The zero-order valence-corrected chi connectivity index (χ0v) is 15.0. The van der Waals surface area contributed by atoms with Crippen LogP contribution in [0.4, 0.5) is 0 Å². The van der Waals surface area contributed by atoms with Crippen LogP contribution in [0, 0.1) is 0 Å². The van der Waals surface area contributed by atoms with Gasteiger partial charge in [-0.15, -0.1) is 0 Å². The molecular formula is C19H25NO5. The Labute approximate surface area is 148 Å². The lowest BCUT2D eigenvalue weighted by atomic mass is 9.99. The van der Waals surface area contributed by atoms with E-state index in [0.29, 0.717) is 43.4 Å². The Morgan fingerprint density at radius 2 is 1.88 bits per heavy atom. The molecule has 0 saturated carbocycles. The molecular weight excluding hydrogens is 322 g/mol. The summed E-state index contributed by atoms with van der Waals surface area (Å²) in [6, 6.07) is 5.17. The summed E-state index contributed by atoms with van der Waals surface area (Å²) in [5.41, 5.74) is 0.204. The summed E-state index contributed by atoms with van der Waals surface area (Å²) in [5.74, 6) is 1.17. The van der Waals surface area contributed by atoms with Gasteiger partial charge in [0.25, 0.3) is 0 Å². The molecule has 0 N–H and O–H groups in total. The van der Waals surface area contributed by atoms with E-state index in [9.17, 15) is 9.59 Å². The Kier molecular flexibility index (Phi) is 4.99. The number of ether oxygens (including phenoxy) is 3. The van der Waals surface area contributed by atoms with Crippen LogP contribution >= 0.6 is 0 Å². The highest BCUT2D eigenvalue weighted by Crippen LogP contribution is 2.31. The monoisotopic (exact) mass is 347 g/mol. The van der Waals surface area contributed by atoms with Gasteiger partial charge in [-0.2, -0.15) is 0 Å². The molecule has 6 heteroatoms. The number of carbonyl (C=O) groups is 2. The van der Waals surface area contributed by atoms with Crippen LogP contribution in [0.5, 0.6) is 11.5 Å². The van der Waals surface area contributed by atoms with Gasteiger partial charge >= 0.3 is 0 Å². The molecule has 2 heterocycles. The highest BCUT2D eigenvalue weighted by Gasteiger charge is 2.36. The fourth-order valence-electron chi connectivity index (χ4n) is 3.14. The first-order chi connectivity index (χ1) is 11.9. The predicted molar refractivity (Wildman–Crippen MR) is 92.2 cm³/mol. The van der Waals surface area contributed by atoms with Crippen LogP contribution in [0.1, 0.15) is 44.0 Å². The summed E-state index contributed by atoms with van der Waals surface area (Å²) >= 11 is 0. The minimum Gasteiger partial charge on any atom is -0.486 e. The summed E-state index contributed by atoms with van der Waals surface area (Å²) in [4.78, 5) is 26.9. The van der Waals surface area contributed by atoms with E-state index < -0.39 is 0 Å². The maximum atomic E-state index is 12.6. The van der Waals surface area contributed by atoms with E-state index in [4.69, 9.17) is 14.2 Å². The highest BCUT2D eigenvalue weighted by atomic mass is 16.6. The minimum absolute atomic E-state index is 0.00829. The highest BCUT2D eigenvalue weighted by molar-refractivity contribution is 5.98. The van der Waals surface area contributed by atoms with Gasteiger partial charge in [-0.1, -0.05) is 0 Å². The topological polar surface area (TPSA) is 65.1 Å². The van der Waals surface area contributed by atoms with Crippen molar-refractivity contribution in [3.8, 4) is 11.5 Å². The summed E-state index contributed by atoms with van der Waals surface area (Å²) < 4.78 is 16.6. The molecule has 1 aromatic carbocycles. The predicted octanol–water partition coefficient (Wildman–Crippen LogP) is 2.45. The number of nitrogens with zero attached hydrogens (tertiary/aromatic N) is 1. The van der Waals surface area contributed by atoms with E-state index in [1.165, 1.54) is 0 Å². The van der Waals surface area contributed by atoms with Gasteiger partial charge in [0.2, 0.25) is 5.91 Å². The molecule has 1 aromatic rings. The van der Waals surface area contributed by atoms with Crippen molar-refractivity contribution < 1.29 is 23.8 Å². The van der Waals surface area contributed by atoms with Crippen molar-refractivity contribution in [2.24, 2.45) is 0 Å². The number of Topliss-reactive ketones (excluding diaryl/α,β-unsaturated/α-hetero) is 1. The van der Waals surface area contributed by atoms with Gasteiger partial charge in [0.15, 0.2) is 17.3 Å². The van der Waals surface area contributed by atoms with E-state index in [2.05, 4.69) is 0 Å². The first kappa shape index (κ1) is 17.7. The van der Waals surface area contributed by atoms with Crippen molar-refractivity contribution in [1.82, 2.24) is 4.90 Å². The minimum atomic E-state index is -0.344. The van der Waals surface area contributed by atoms with E-state index in [0.717, 1.165) is 0 Å². The van der Waals surface area contributed by atoms with E-state index >= 15 is 0 Å². The molecule has 2 aliphatic heterocycles. The van der Waals surface area contributed by atoms with E-state index in [1.54, 1.807) is 18.2 Å². The maximum Gasteiger partial charge on any atom is 0.223 e. The molecule has 0 aliphatic carbocycles. The normalized spacial score (nSPS) is 21.7. The number of rotatable bonds is 4. The van der Waals surface area contributed by atoms with Gasteiger partial charge in [-0.25, -0.2) is 0 Å². The summed E-state index contributed by atoms with van der Waals surface area (Å²) in [6.07, 6.45) is 0.398. The number of amides is 1. The van der Waals surface area contributed by atoms with Crippen LogP contribution in [-0.2, 0) is 9.53 Å². The molecule has 1 saturated heterocycles. The molecule has 25 heavy (non-hydrogen) atoms. The summed E-state index contributed by atoms with van der Waals surface area (Å²) in [7, 11) is 0. The zero-order valence-electron chi connectivity index (χ0n) is 15.0. The van der Waals surface area contributed by atoms with Crippen molar-refractivity contribution in [3.63, 3.8) is 0 Å². The molecule has 0 spiro atoms. The van der Waals surface area contributed by atoms with Crippen LogP contribution in [0.25, 0.3) is 0 Å². The maximum absolute atomic E-state index is 12.6. The quantitative estimate of drug-likeness (QED) is 0.783. The molecule has 1 atom stereocenters. The third-order valence-electron chi connectivity index (χ3n) is 4.62. The number of fused-ring (bicyclic) bond motifs is 1. The Morgan fingerprint density at radius 3 is 2.64 bits per heavy atom. The third-order valence-corrected chi connectivity index (χ3v) is 4.62. The number of carbonyl (C=O) groups excluding carboxylic acids is 2. The van der Waals surface area contributed by atoms with Gasteiger partial charge < -0.3 is 19.1 Å². The van der Waals surface area contributed by atoms with Gasteiger partial charge in [-0.3, -0.25) is 9.59 Å². The van der Waals surface area contributed by atoms with Gasteiger partial charge in [0.05, 0.1) is 18.2 Å². The SMILES string of the molecule is CC1CN(C(=O)CCC(=O)c2ccc3c(c2)OCCO3)C(C)(C)CO1. The standard InChI is InChI=1S/C19H25NO5/c1-13-11-20(19(2,3)12-25-13)18(22)7-5-15(21)14-4-6-16-17(10-14)24-9-8-23-16/h4,6,10,13H,5,7-9,11-12H2,1-3H3. The Balaban J connectivity index is 1.61. The van der Waals surface area contributed by atoms with Gasteiger partial charge in [0, 0.05) is 24.9 Å². The molecule has 3 rings (SSSR count). The van der Waals surface area contributed by atoms with Crippen LogP contribution in [0.3, 0.4) is 0 Å². The van der Waals surface area contributed by atoms with Gasteiger partial charge in [-0.05, 0) is 39.0 Å². The zero-order chi connectivity index (χ0) is 18.0. The Bertz CT molecular complexity index is 670. The second kappa shape index (κ2) is 7.04. The fraction of sp³-hybridized carbons (Fsp3) is 0.579. The van der Waals surface area contributed by atoms with E-state index in [1.807, 2.05) is 25.7 Å². The molecule has 0 radical (unpaired) electrons. The van der Waals surface area contributed by atoms with Crippen LogP contribution in [-0.4, -0.2) is 54.6 Å². The third kappa shape index (κ3) is 3.95. The van der Waals surface area contributed by atoms with Crippen LogP contribution in [0.2, 0.25) is 0 Å². The van der Waals surface area contributed by atoms with Crippen molar-refractivity contribution >= 4 is 11.7 Å². The molecule has 2 aliphatic rings. The average Bonchev–Trinajstić information content (AvgIpc) is 2.61. The first-order valence-corrected chi connectivity index (χ1v) is 8.72. The van der Waals surface area contributed by atoms with Crippen molar-refractivity contribution in [3.05, 3.63) is 23.8 Å². The number of morpholine rings is 1. The molecule has 1 amide bonds. The lowest BCUT2D eigenvalue weighted by molar-refractivity contribution is -0.152. The second-order valence-corrected chi connectivity index (χ2v) is 7.22. The average molecular weight is 347 g/mol. The number of hydrogen-bond donors (Lipinski definition) is 0. The summed E-state index contributed by atoms with van der Waals surface area (Å²) in [5, 5.41) is 0. The van der Waals surface area contributed by atoms with Crippen LogP contribution < -0.4 is 9.47 Å². The largest absolute Gasteiger partial charge is 0.486 e. The molecule has 1 unspecified atom stereocenters.